The maximum atomic E-state index is 15.1. The van der Waals surface area contributed by atoms with Gasteiger partial charge in [0.2, 0.25) is 0 Å². The first-order chi connectivity index (χ1) is 16.3. The summed E-state index contributed by atoms with van der Waals surface area (Å²) in [4.78, 5) is 22.3. The summed E-state index contributed by atoms with van der Waals surface area (Å²) in [5.74, 6) is -0.956. The average Bonchev–Trinajstić information content (AvgIpc) is 2.99. The number of hydrogen-bond donors (Lipinski definition) is 1. The van der Waals surface area contributed by atoms with Gasteiger partial charge >= 0.3 is 6.36 Å². The van der Waals surface area contributed by atoms with Crippen LogP contribution in [0, 0.1) is 5.82 Å². The van der Waals surface area contributed by atoms with Gasteiger partial charge in [0.05, 0.1) is 6.20 Å². The molecule has 9 heteroatoms. The van der Waals surface area contributed by atoms with Crippen LogP contribution in [0.15, 0.2) is 30.5 Å². The number of ether oxygens (including phenoxy) is 1. The van der Waals surface area contributed by atoms with Crippen molar-refractivity contribution in [2.24, 2.45) is 0 Å². The zero-order valence-corrected chi connectivity index (χ0v) is 18.6. The van der Waals surface area contributed by atoms with Gasteiger partial charge in [0.25, 0.3) is 5.91 Å². The number of aryl methyl sites for hydroxylation is 2. The van der Waals surface area contributed by atoms with Crippen LogP contribution in [0.1, 0.15) is 65.2 Å². The molecule has 0 bridgehead atoms. The summed E-state index contributed by atoms with van der Waals surface area (Å²) in [6, 6.07) is 4.93. The Morgan fingerprint density at radius 3 is 2.47 bits per heavy atom. The van der Waals surface area contributed by atoms with Crippen LogP contribution in [0.3, 0.4) is 0 Å². The summed E-state index contributed by atoms with van der Waals surface area (Å²) < 4.78 is 56.0. The first-order valence-electron chi connectivity index (χ1n) is 11.6. The van der Waals surface area contributed by atoms with Crippen LogP contribution in [-0.4, -0.2) is 40.2 Å². The Hall–Kier alpha value is -3.10. The van der Waals surface area contributed by atoms with Crippen molar-refractivity contribution in [3.8, 4) is 5.75 Å². The largest absolute Gasteiger partial charge is 0.573 e. The van der Waals surface area contributed by atoms with Gasteiger partial charge in [-0.1, -0.05) is 6.42 Å². The van der Waals surface area contributed by atoms with E-state index in [-0.39, 0.29) is 23.4 Å². The SMILES string of the molecule is O=C(c1ccc(OC(F)(F)F)cc1)N1CCC(c2c(F)cnc3[nH]c4c(c23)CCCCC4)CC1. The smallest absolute Gasteiger partial charge is 0.406 e. The predicted molar refractivity (Wildman–Crippen MR) is 118 cm³/mol. The molecule has 3 aromatic rings. The van der Waals surface area contributed by atoms with Crippen LogP contribution < -0.4 is 4.74 Å². The molecule has 0 radical (unpaired) electrons. The van der Waals surface area contributed by atoms with Gasteiger partial charge in [0.15, 0.2) is 0 Å². The molecule has 5 rings (SSSR count). The second-order valence-electron chi connectivity index (χ2n) is 9.02. The topological polar surface area (TPSA) is 58.2 Å². The Labute approximate surface area is 194 Å². The average molecular weight is 475 g/mol. The van der Waals surface area contributed by atoms with Crippen LogP contribution in [0.25, 0.3) is 11.0 Å². The molecule has 2 aromatic heterocycles. The fourth-order valence-corrected chi connectivity index (χ4v) is 5.29. The summed E-state index contributed by atoms with van der Waals surface area (Å²) in [5.41, 5.74) is 4.08. The zero-order valence-electron chi connectivity index (χ0n) is 18.6. The van der Waals surface area contributed by atoms with Crippen LogP contribution in [0.4, 0.5) is 17.6 Å². The predicted octanol–water partition coefficient (Wildman–Crippen LogP) is 5.89. The molecule has 0 spiro atoms. The van der Waals surface area contributed by atoms with Crippen LogP contribution >= 0.6 is 0 Å². The normalized spacial score (nSPS) is 17.5. The van der Waals surface area contributed by atoms with Gasteiger partial charge in [0, 0.05) is 35.3 Å². The lowest BCUT2D eigenvalue weighted by molar-refractivity contribution is -0.274. The number of H-pyrrole nitrogens is 1. The highest BCUT2D eigenvalue weighted by Gasteiger charge is 2.32. The summed E-state index contributed by atoms with van der Waals surface area (Å²) in [5, 5.41) is 0.918. The monoisotopic (exact) mass is 475 g/mol. The Kier molecular flexibility index (Phi) is 5.95. The second-order valence-corrected chi connectivity index (χ2v) is 9.02. The van der Waals surface area contributed by atoms with Crippen LogP contribution in [0.5, 0.6) is 5.75 Å². The molecule has 0 unspecified atom stereocenters. The quantitative estimate of drug-likeness (QED) is 0.380. The number of amides is 1. The van der Waals surface area contributed by atoms with Crippen molar-refractivity contribution in [2.45, 2.75) is 57.2 Å². The standard InChI is InChI=1S/C25H25F4N3O2/c26-19-14-30-23-22(18-4-2-1-3-5-20(18)31-23)21(19)15-10-12-32(13-11-15)24(33)16-6-8-17(9-7-16)34-25(27,28)29/h6-9,14-15H,1-5,10-13H2,(H,30,31). The van der Waals surface area contributed by atoms with Crippen molar-refractivity contribution in [1.29, 1.82) is 0 Å². The van der Waals surface area contributed by atoms with E-state index in [1.807, 2.05) is 0 Å². The lowest BCUT2D eigenvalue weighted by atomic mass is 9.86. The third kappa shape index (κ3) is 4.48. The minimum absolute atomic E-state index is 0.0275. The Balaban J connectivity index is 1.32. The molecule has 180 valence electrons. The summed E-state index contributed by atoms with van der Waals surface area (Å²) in [6.07, 6.45) is 2.94. The molecule has 34 heavy (non-hydrogen) atoms. The first kappa shape index (κ1) is 22.7. The highest BCUT2D eigenvalue weighted by Crippen LogP contribution is 2.38. The number of nitrogens with one attached hydrogen (secondary N) is 1. The molecular weight excluding hydrogens is 450 g/mol. The molecule has 5 nitrogen and oxygen atoms in total. The fraction of sp³-hybridized carbons (Fsp3) is 0.440. The number of rotatable bonds is 3. The molecule has 1 saturated heterocycles. The maximum absolute atomic E-state index is 15.1. The van der Waals surface area contributed by atoms with Crippen molar-refractivity contribution < 1.29 is 27.1 Å². The molecule has 1 aliphatic heterocycles. The molecule has 0 atom stereocenters. The summed E-state index contributed by atoms with van der Waals surface area (Å²) in [7, 11) is 0. The highest BCUT2D eigenvalue weighted by atomic mass is 19.4. The fourth-order valence-electron chi connectivity index (χ4n) is 5.29. The molecule has 1 aliphatic carbocycles. The third-order valence-electron chi connectivity index (χ3n) is 6.88. The summed E-state index contributed by atoms with van der Waals surface area (Å²) in [6.45, 7) is 0.889. The number of halogens is 4. The van der Waals surface area contributed by atoms with E-state index in [0.717, 1.165) is 61.0 Å². The number of piperidine rings is 1. The van der Waals surface area contributed by atoms with Gasteiger partial charge in [-0.15, -0.1) is 13.2 Å². The van der Waals surface area contributed by atoms with Gasteiger partial charge in [-0.3, -0.25) is 4.79 Å². The number of aromatic amines is 1. The van der Waals surface area contributed by atoms with Gasteiger partial charge in [-0.25, -0.2) is 9.37 Å². The van der Waals surface area contributed by atoms with E-state index >= 15 is 4.39 Å². The van der Waals surface area contributed by atoms with E-state index in [4.69, 9.17) is 0 Å². The van der Waals surface area contributed by atoms with E-state index in [1.54, 1.807) is 4.90 Å². The van der Waals surface area contributed by atoms with E-state index in [1.165, 1.54) is 23.9 Å². The second kappa shape index (κ2) is 8.92. The number of aromatic nitrogens is 2. The molecule has 1 amide bonds. The van der Waals surface area contributed by atoms with E-state index < -0.39 is 6.36 Å². The third-order valence-corrected chi connectivity index (χ3v) is 6.88. The molecule has 1 fully saturated rings. The van der Waals surface area contributed by atoms with Gasteiger partial charge in [-0.2, -0.15) is 0 Å². The lowest BCUT2D eigenvalue weighted by Gasteiger charge is -2.33. The molecule has 1 N–H and O–H groups in total. The Morgan fingerprint density at radius 2 is 1.76 bits per heavy atom. The van der Waals surface area contributed by atoms with Crippen LogP contribution in [-0.2, 0) is 12.8 Å². The number of nitrogens with zero attached hydrogens (tertiary/aromatic N) is 2. The number of alkyl halides is 3. The molecular formula is C25H25F4N3O2. The van der Waals surface area contributed by atoms with E-state index in [0.29, 0.717) is 37.1 Å². The maximum Gasteiger partial charge on any atom is 0.573 e. The van der Waals surface area contributed by atoms with Crippen molar-refractivity contribution >= 4 is 16.9 Å². The lowest BCUT2D eigenvalue weighted by Crippen LogP contribution is -2.38. The number of likely N-dealkylation sites (tertiary alicyclic amines) is 1. The molecule has 0 saturated carbocycles. The van der Waals surface area contributed by atoms with Crippen molar-refractivity contribution in [3.05, 3.63) is 58.7 Å². The van der Waals surface area contributed by atoms with Gasteiger partial charge in [0.1, 0.15) is 17.2 Å². The van der Waals surface area contributed by atoms with Crippen LogP contribution in [0.2, 0.25) is 0 Å². The zero-order chi connectivity index (χ0) is 23.9. The molecule has 3 heterocycles. The Morgan fingerprint density at radius 1 is 1.06 bits per heavy atom. The van der Waals surface area contributed by atoms with Gasteiger partial charge < -0.3 is 14.6 Å². The number of benzene rings is 1. The number of carbonyl (C=O) groups excluding carboxylic acids is 1. The van der Waals surface area contributed by atoms with Gasteiger partial charge in [-0.05, 0) is 74.3 Å². The number of pyridine rings is 1. The first-order valence-corrected chi connectivity index (χ1v) is 11.6. The minimum Gasteiger partial charge on any atom is -0.406 e. The number of carbonyl (C=O) groups is 1. The summed E-state index contributed by atoms with van der Waals surface area (Å²) >= 11 is 0. The molecule has 2 aliphatic rings. The molecule has 1 aromatic carbocycles. The van der Waals surface area contributed by atoms with E-state index in [2.05, 4.69) is 14.7 Å². The number of fused-ring (bicyclic) bond motifs is 3. The highest BCUT2D eigenvalue weighted by molar-refractivity contribution is 5.94. The van der Waals surface area contributed by atoms with Crippen molar-refractivity contribution in [2.75, 3.05) is 13.1 Å². The minimum atomic E-state index is -4.78. The van der Waals surface area contributed by atoms with Crippen molar-refractivity contribution in [1.82, 2.24) is 14.9 Å². The van der Waals surface area contributed by atoms with Crippen molar-refractivity contribution in [3.63, 3.8) is 0 Å². The number of hydrogen-bond acceptors (Lipinski definition) is 3. The Bertz CT molecular complexity index is 1200. The van der Waals surface area contributed by atoms with E-state index in [9.17, 15) is 18.0 Å².